The van der Waals surface area contributed by atoms with Gasteiger partial charge in [0, 0.05) is 0 Å². The Balaban J connectivity index is 2.10. The first-order chi connectivity index (χ1) is 9.13. The molecule has 1 atom stereocenters. The zero-order valence-electron chi connectivity index (χ0n) is 11.0. The summed E-state index contributed by atoms with van der Waals surface area (Å²) in [4.78, 5) is 0. The van der Waals surface area contributed by atoms with Crippen LogP contribution in [-0.4, -0.2) is 5.11 Å². The van der Waals surface area contributed by atoms with Crippen molar-refractivity contribution in [3.8, 4) is 0 Å². The van der Waals surface area contributed by atoms with Crippen LogP contribution in [0.15, 0.2) is 42.5 Å². The molecule has 0 aromatic heterocycles. The molecule has 2 aromatic rings. The van der Waals surface area contributed by atoms with Gasteiger partial charge in [-0.05, 0) is 53.6 Å². The number of halogens is 1. The van der Waals surface area contributed by atoms with Crippen LogP contribution in [0.5, 0.6) is 0 Å². The van der Waals surface area contributed by atoms with Gasteiger partial charge in [0.1, 0.15) is 11.4 Å². The smallest absolute Gasteiger partial charge is 0.123 e. The molecule has 0 bridgehead atoms. The van der Waals surface area contributed by atoms with E-state index >= 15 is 0 Å². The van der Waals surface area contributed by atoms with Crippen LogP contribution in [0.25, 0.3) is 0 Å². The first-order valence-electron chi connectivity index (χ1n) is 6.74. The molecule has 0 heterocycles. The van der Waals surface area contributed by atoms with Crippen LogP contribution in [0, 0.1) is 5.82 Å². The molecule has 1 N–H and O–H groups in total. The monoisotopic (exact) mass is 256 g/mol. The molecule has 98 valence electrons. The number of aryl methyl sites for hydroxylation is 2. The highest BCUT2D eigenvalue weighted by molar-refractivity contribution is 5.46. The van der Waals surface area contributed by atoms with Crippen molar-refractivity contribution >= 4 is 0 Å². The lowest BCUT2D eigenvalue weighted by Gasteiger charge is -2.25. The average Bonchev–Trinajstić information content (AvgIpc) is 2.77. The van der Waals surface area contributed by atoms with E-state index < -0.39 is 5.60 Å². The van der Waals surface area contributed by atoms with E-state index in [1.54, 1.807) is 6.07 Å². The molecule has 2 aromatic carbocycles. The summed E-state index contributed by atoms with van der Waals surface area (Å²) in [5, 5.41) is 11.0. The molecule has 3 rings (SSSR count). The molecular weight excluding hydrogens is 239 g/mol. The van der Waals surface area contributed by atoms with Crippen molar-refractivity contribution in [3.05, 3.63) is 70.5 Å². The van der Waals surface area contributed by atoms with Gasteiger partial charge >= 0.3 is 0 Å². The summed E-state index contributed by atoms with van der Waals surface area (Å²) in [6.07, 6.45) is 2.29. The standard InChI is InChI=1S/C17H17FO/c1-2-12-4-3-5-14(10-12)17(19)9-8-13-11-15(18)6-7-16(13)17/h3-7,10-11,19H,2,8-9H2,1H3. The number of hydrogen-bond acceptors (Lipinski definition) is 1. The highest BCUT2D eigenvalue weighted by Crippen LogP contribution is 2.42. The average molecular weight is 256 g/mol. The van der Waals surface area contributed by atoms with Crippen molar-refractivity contribution in [2.75, 3.05) is 0 Å². The van der Waals surface area contributed by atoms with Crippen LogP contribution < -0.4 is 0 Å². The predicted octanol–water partition coefficient (Wildman–Crippen LogP) is 3.57. The van der Waals surface area contributed by atoms with Gasteiger partial charge < -0.3 is 5.11 Å². The van der Waals surface area contributed by atoms with Crippen LogP contribution in [0.3, 0.4) is 0 Å². The van der Waals surface area contributed by atoms with E-state index in [4.69, 9.17) is 0 Å². The van der Waals surface area contributed by atoms with Crippen molar-refractivity contribution in [1.82, 2.24) is 0 Å². The minimum Gasteiger partial charge on any atom is -0.380 e. The zero-order chi connectivity index (χ0) is 13.5. The molecule has 19 heavy (non-hydrogen) atoms. The quantitative estimate of drug-likeness (QED) is 0.871. The number of fused-ring (bicyclic) bond motifs is 1. The molecule has 0 saturated heterocycles. The second-order valence-corrected chi connectivity index (χ2v) is 5.22. The summed E-state index contributed by atoms with van der Waals surface area (Å²) in [5.74, 6) is -0.231. The molecule has 1 aliphatic rings. The summed E-state index contributed by atoms with van der Waals surface area (Å²) in [7, 11) is 0. The van der Waals surface area contributed by atoms with Crippen LogP contribution in [0.1, 0.15) is 35.6 Å². The van der Waals surface area contributed by atoms with Crippen molar-refractivity contribution in [3.63, 3.8) is 0 Å². The summed E-state index contributed by atoms with van der Waals surface area (Å²) < 4.78 is 13.3. The summed E-state index contributed by atoms with van der Waals surface area (Å²) in [6, 6.07) is 12.7. The van der Waals surface area contributed by atoms with Crippen LogP contribution in [0.2, 0.25) is 0 Å². The van der Waals surface area contributed by atoms with E-state index in [9.17, 15) is 9.50 Å². The maximum atomic E-state index is 13.3. The van der Waals surface area contributed by atoms with Gasteiger partial charge in [-0.3, -0.25) is 0 Å². The fourth-order valence-corrected chi connectivity index (χ4v) is 2.97. The molecule has 0 radical (unpaired) electrons. The molecule has 0 amide bonds. The normalized spacial score (nSPS) is 21.4. The number of rotatable bonds is 2. The molecule has 1 aliphatic carbocycles. The summed E-state index contributed by atoms with van der Waals surface area (Å²) in [5.41, 5.74) is 2.93. The fraction of sp³-hybridized carbons (Fsp3) is 0.294. The SMILES string of the molecule is CCc1cccc(C2(O)CCc3cc(F)ccc32)c1. The summed E-state index contributed by atoms with van der Waals surface area (Å²) in [6.45, 7) is 2.10. The van der Waals surface area contributed by atoms with Crippen LogP contribution in [-0.2, 0) is 18.4 Å². The molecule has 0 spiro atoms. The molecule has 1 nitrogen and oxygen atoms in total. The van der Waals surface area contributed by atoms with Crippen molar-refractivity contribution < 1.29 is 9.50 Å². The maximum absolute atomic E-state index is 13.3. The second kappa shape index (κ2) is 4.46. The Morgan fingerprint density at radius 3 is 2.84 bits per heavy atom. The third kappa shape index (κ3) is 1.96. The first kappa shape index (κ1) is 12.4. The highest BCUT2D eigenvalue weighted by atomic mass is 19.1. The molecule has 0 aliphatic heterocycles. The number of aliphatic hydroxyl groups is 1. The predicted molar refractivity (Wildman–Crippen MR) is 73.5 cm³/mol. The Morgan fingerprint density at radius 2 is 2.05 bits per heavy atom. The van der Waals surface area contributed by atoms with Gasteiger partial charge in [0.25, 0.3) is 0 Å². The van der Waals surface area contributed by atoms with Gasteiger partial charge in [0.15, 0.2) is 0 Å². The van der Waals surface area contributed by atoms with E-state index in [-0.39, 0.29) is 5.82 Å². The minimum atomic E-state index is -0.964. The molecular formula is C17H17FO. The first-order valence-corrected chi connectivity index (χ1v) is 6.74. The Kier molecular flexibility index (Phi) is 2.90. The van der Waals surface area contributed by atoms with Crippen LogP contribution in [0.4, 0.5) is 4.39 Å². The van der Waals surface area contributed by atoms with E-state index in [1.807, 2.05) is 12.1 Å². The van der Waals surface area contributed by atoms with E-state index in [1.165, 1.54) is 17.7 Å². The van der Waals surface area contributed by atoms with Crippen molar-refractivity contribution in [2.45, 2.75) is 31.8 Å². The fourth-order valence-electron chi connectivity index (χ4n) is 2.97. The number of hydrogen-bond donors (Lipinski definition) is 1. The largest absolute Gasteiger partial charge is 0.380 e. The zero-order valence-corrected chi connectivity index (χ0v) is 11.0. The Labute approximate surface area is 112 Å². The molecule has 1 unspecified atom stereocenters. The van der Waals surface area contributed by atoms with E-state index in [2.05, 4.69) is 19.1 Å². The Morgan fingerprint density at radius 1 is 1.21 bits per heavy atom. The minimum absolute atomic E-state index is 0.231. The molecule has 0 saturated carbocycles. The van der Waals surface area contributed by atoms with Gasteiger partial charge in [-0.25, -0.2) is 4.39 Å². The highest BCUT2D eigenvalue weighted by Gasteiger charge is 2.38. The van der Waals surface area contributed by atoms with Crippen molar-refractivity contribution in [1.29, 1.82) is 0 Å². The van der Waals surface area contributed by atoms with E-state index in [0.29, 0.717) is 6.42 Å². The van der Waals surface area contributed by atoms with Crippen molar-refractivity contribution in [2.24, 2.45) is 0 Å². The van der Waals surface area contributed by atoms with Gasteiger partial charge in [0.2, 0.25) is 0 Å². The third-order valence-electron chi connectivity index (χ3n) is 4.08. The lowest BCUT2D eigenvalue weighted by Crippen LogP contribution is -2.24. The second-order valence-electron chi connectivity index (χ2n) is 5.22. The maximum Gasteiger partial charge on any atom is 0.123 e. The Hall–Kier alpha value is -1.67. The third-order valence-corrected chi connectivity index (χ3v) is 4.08. The lowest BCUT2D eigenvalue weighted by molar-refractivity contribution is 0.0828. The Bertz CT molecular complexity index is 620. The van der Waals surface area contributed by atoms with Crippen LogP contribution >= 0.6 is 0 Å². The number of benzene rings is 2. The molecule has 2 heteroatoms. The summed E-state index contributed by atoms with van der Waals surface area (Å²) >= 11 is 0. The van der Waals surface area contributed by atoms with Gasteiger partial charge in [-0.1, -0.05) is 37.3 Å². The van der Waals surface area contributed by atoms with Gasteiger partial charge in [0.05, 0.1) is 0 Å². The van der Waals surface area contributed by atoms with Gasteiger partial charge in [-0.15, -0.1) is 0 Å². The van der Waals surface area contributed by atoms with E-state index in [0.717, 1.165) is 29.5 Å². The topological polar surface area (TPSA) is 20.2 Å². The lowest BCUT2D eigenvalue weighted by atomic mass is 9.87. The molecule has 0 fully saturated rings. The van der Waals surface area contributed by atoms with Gasteiger partial charge in [-0.2, -0.15) is 0 Å².